The van der Waals surface area contributed by atoms with Crippen molar-refractivity contribution in [2.45, 2.75) is 37.3 Å². The summed E-state index contributed by atoms with van der Waals surface area (Å²) in [4.78, 5) is 16.2. The van der Waals surface area contributed by atoms with Crippen molar-refractivity contribution in [2.75, 3.05) is 26.2 Å². The van der Waals surface area contributed by atoms with Gasteiger partial charge in [0.1, 0.15) is 5.37 Å². The molecule has 1 amide bonds. The molecule has 0 aromatic heterocycles. The van der Waals surface area contributed by atoms with Crippen LogP contribution in [0.2, 0.25) is 0 Å². The monoisotopic (exact) mass is 305 g/mol. The molecule has 3 nitrogen and oxygen atoms in total. The van der Waals surface area contributed by atoms with E-state index in [0.717, 1.165) is 13.1 Å². The quantitative estimate of drug-likeness (QED) is 0.915. The summed E-state index contributed by atoms with van der Waals surface area (Å²) in [7, 11) is 0. The van der Waals surface area contributed by atoms with Crippen LogP contribution in [0, 0.1) is 6.92 Å². The zero-order valence-electron chi connectivity index (χ0n) is 13.0. The van der Waals surface area contributed by atoms with Gasteiger partial charge in [0.25, 0.3) is 0 Å². The Morgan fingerprint density at radius 3 is 2.57 bits per heavy atom. The van der Waals surface area contributed by atoms with Gasteiger partial charge in [0.2, 0.25) is 5.91 Å². The van der Waals surface area contributed by atoms with E-state index >= 15 is 0 Å². The summed E-state index contributed by atoms with van der Waals surface area (Å²) >= 11 is 1.79. The highest BCUT2D eigenvalue weighted by molar-refractivity contribution is 8.01. The number of quaternary nitrogens is 1. The SMILES string of the molecule is Cc1ccc([C@@H]2S[C@H](C)C(=O)N2CC[NH+]2CCCC2)cc1. The van der Waals surface area contributed by atoms with Crippen LogP contribution in [-0.4, -0.2) is 42.2 Å². The molecule has 2 heterocycles. The predicted molar refractivity (Wildman–Crippen MR) is 87.5 cm³/mol. The summed E-state index contributed by atoms with van der Waals surface area (Å²) in [5, 5.41) is 0.292. The van der Waals surface area contributed by atoms with Crippen molar-refractivity contribution in [3.63, 3.8) is 0 Å². The highest BCUT2D eigenvalue weighted by atomic mass is 32.2. The van der Waals surface area contributed by atoms with E-state index in [9.17, 15) is 4.79 Å². The third-order valence-corrected chi connectivity index (χ3v) is 6.02. The van der Waals surface area contributed by atoms with Crippen molar-refractivity contribution in [1.82, 2.24) is 4.90 Å². The molecule has 2 aliphatic rings. The Bertz CT molecular complexity index is 496. The Morgan fingerprint density at radius 2 is 1.90 bits per heavy atom. The third kappa shape index (κ3) is 3.27. The van der Waals surface area contributed by atoms with Crippen LogP contribution in [0.5, 0.6) is 0 Å². The molecule has 3 rings (SSSR count). The average molecular weight is 305 g/mol. The first-order valence-corrected chi connectivity index (χ1v) is 8.95. The van der Waals surface area contributed by atoms with E-state index in [-0.39, 0.29) is 10.6 Å². The normalized spacial score (nSPS) is 26.8. The molecule has 2 atom stereocenters. The van der Waals surface area contributed by atoms with Crippen LogP contribution >= 0.6 is 11.8 Å². The van der Waals surface area contributed by atoms with Gasteiger partial charge in [-0.05, 0) is 19.4 Å². The van der Waals surface area contributed by atoms with Crippen molar-refractivity contribution in [3.05, 3.63) is 35.4 Å². The lowest BCUT2D eigenvalue weighted by atomic mass is 10.1. The second kappa shape index (κ2) is 6.41. The molecule has 2 fully saturated rings. The molecule has 0 radical (unpaired) electrons. The van der Waals surface area contributed by atoms with Gasteiger partial charge in [-0.1, -0.05) is 29.8 Å². The summed E-state index contributed by atoms with van der Waals surface area (Å²) in [6.45, 7) is 8.69. The van der Waals surface area contributed by atoms with Crippen LogP contribution in [0.4, 0.5) is 0 Å². The number of likely N-dealkylation sites (tertiary alicyclic amines) is 1. The minimum atomic E-state index is 0.0879. The van der Waals surface area contributed by atoms with Gasteiger partial charge >= 0.3 is 0 Å². The fraction of sp³-hybridized carbons (Fsp3) is 0.588. The molecule has 0 unspecified atom stereocenters. The first-order valence-electron chi connectivity index (χ1n) is 8.01. The summed E-state index contributed by atoms with van der Waals surface area (Å²) in [6, 6.07) is 8.64. The molecule has 0 aliphatic carbocycles. The van der Waals surface area contributed by atoms with E-state index in [1.165, 1.54) is 37.1 Å². The van der Waals surface area contributed by atoms with Crippen LogP contribution < -0.4 is 4.90 Å². The zero-order valence-corrected chi connectivity index (χ0v) is 13.8. The maximum absolute atomic E-state index is 12.5. The van der Waals surface area contributed by atoms with Crippen LogP contribution in [-0.2, 0) is 4.79 Å². The van der Waals surface area contributed by atoms with E-state index < -0.39 is 0 Å². The van der Waals surface area contributed by atoms with Crippen LogP contribution in [0.25, 0.3) is 0 Å². The maximum atomic E-state index is 12.5. The number of amides is 1. The first kappa shape index (κ1) is 14.9. The largest absolute Gasteiger partial charge is 0.333 e. The summed E-state index contributed by atoms with van der Waals surface area (Å²) in [5.41, 5.74) is 2.54. The Morgan fingerprint density at radius 1 is 1.24 bits per heavy atom. The van der Waals surface area contributed by atoms with Gasteiger partial charge in [-0.2, -0.15) is 0 Å². The van der Waals surface area contributed by atoms with E-state index in [2.05, 4.69) is 36.1 Å². The molecule has 0 spiro atoms. The minimum absolute atomic E-state index is 0.0879. The summed E-state index contributed by atoms with van der Waals surface area (Å²) < 4.78 is 0. The molecule has 1 aromatic rings. The molecule has 0 bridgehead atoms. The van der Waals surface area contributed by atoms with Crippen molar-refractivity contribution in [2.24, 2.45) is 0 Å². The number of carbonyl (C=O) groups is 1. The Labute approximate surface area is 131 Å². The number of rotatable bonds is 4. The van der Waals surface area contributed by atoms with Gasteiger partial charge < -0.3 is 9.80 Å². The van der Waals surface area contributed by atoms with E-state index in [0.29, 0.717) is 5.91 Å². The van der Waals surface area contributed by atoms with Crippen molar-refractivity contribution in [1.29, 1.82) is 0 Å². The maximum Gasteiger partial charge on any atom is 0.236 e. The highest BCUT2D eigenvalue weighted by Crippen LogP contribution is 2.42. The zero-order chi connectivity index (χ0) is 14.8. The van der Waals surface area contributed by atoms with Gasteiger partial charge in [-0.3, -0.25) is 4.79 Å². The third-order valence-electron chi connectivity index (χ3n) is 4.63. The average Bonchev–Trinajstić information content (AvgIpc) is 3.08. The van der Waals surface area contributed by atoms with Gasteiger partial charge in [-0.25, -0.2) is 0 Å². The lowest BCUT2D eigenvalue weighted by Gasteiger charge is -2.25. The van der Waals surface area contributed by atoms with Gasteiger partial charge in [0.05, 0.1) is 31.4 Å². The predicted octanol–water partition coefficient (Wildman–Crippen LogP) is 1.64. The van der Waals surface area contributed by atoms with Gasteiger partial charge in [0.15, 0.2) is 0 Å². The minimum Gasteiger partial charge on any atom is -0.333 e. The molecule has 2 saturated heterocycles. The number of hydrogen-bond acceptors (Lipinski definition) is 2. The molecular formula is C17H25N2OS+. The highest BCUT2D eigenvalue weighted by Gasteiger charge is 2.38. The molecule has 1 N–H and O–H groups in total. The summed E-state index contributed by atoms with van der Waals surface area (Å²) in [6.07, 6.45) is 2.69. The Hall–Kier alpha value is -1.00. The lowest BCUT2D eigenvalue weighted by Crippen LogP contribution is -3.10. The molecule has 114 valence electrons. The number of nitrogens with one attached hydrogen (secondary N) is 1. The first-order chi connectivity index (χ1) is 10.1. The van der Waals surface area contributed by atoms with E-state index in [1.54, 1.807) is 16.7 Å². The molecule has 0 saturated carbocycles. The second-order valence-corrected chi connectivity index (χ2v) is 7.71. The number of nitrogens with zero attached hydrogens (tertiary/aromatic N) is 1. The number of hydrogen-bond donors (Lipinski definition) is 1. The topological polar surface area (TPSA) is 24.8 Å². The van der Waals surface area contributed by atoms with E-state index in [4.69, 9.17) is 0 Å². The lowest BCUT2D eigenvalue weighted by molar-refractivity contribution is -0.886. The van der Waals surface area contributed by atoms with Crippen molar-refractivity contribution in [3.8, 4) is 0 Å². The standard InChI is InChI=1S/C17H24N2OS/c1-13-5-7-15(8-6-13)17-19(16(20)14(2)21-17)12-11-18-9-3-4-10-18/h5-8,14,17H,3-4,9-12H2,1-2H3/p+1/t14-,17+/m1/s1. The number of aryl methyl sites for hydroxylation is 1. The molecule has 21 heavy (non-hydrogen) atoms. The Balaban J connectivity index is 1.71. The number of benzene rings is 1. The van der Waals surface area contributed by atoms with Gasteiger partial charge in [-0.15, -0.1) is 11.8 Å². The van der Waals surface area contributed by atoms with Crippen molar-refractivity contribution < 1.29 is 9.69 Å². The van der Waals surface area contributed by atoms with E-state index in [1.807, 2.05) is 6.92 Å². The van der Waals surface area contributed by atoms with Crippen molar-refractivity contribution >= 4 is 17.7 Å². The second-order valence-electron chi connectivity index (χ2n) is 6.28. The summed E-state index contributed by atoms with van der Waals surface area (Å²) in [5.74, 6) is 0.309. The molecular weight excluding hydrogens is 280 g/mol. The smallest absolute Gasteiger partial charge is 0.236 e. The fourth-order valence-corrected chi connectivity index (χ4v) is 4.60. The van der Waals surface area contributed by atoms with Crippen LogP contribution in [0.3, 0.4) is 0 Å². The number of carbonyl (C=O) groups excluding carboxylic acids is 1. The molecule has 1 aromatic carbocycles. The fourth-order valence-electron chi connectivity index (χ4n) is 3.29. The Kier molecular flexibility index (Phi) is 4.55. The number of thioether (sulfide) groups is 1. The van der Waals surface area contributed by atoms with Gasteiger partial charge in [0, 0.05) is 12.8 Å². The molecule has 2 aliphatic heterocycles. The molecule has 4 heteroatoms. The van der Waals surface area contributed by atoms with Crippen LogP contribution in [0.15, 0.2) is 24.3 Å². The van der Waals surface area contributed by atoms with Crippen LogP contribution in [0.1, 0.15) is 36.3 Å².